The lowest BCUT2D eigenvalue weighted by Crippen LogP contribution is -2.40. The number of rotatable bonds is 6. The summed E-state index contributed by atoms with van der Waals surface area (Å²) < 4.78 is 0. The lowest BCUT2D eigenvalue weighted by molar-refractivity contribution is 0.154. The van der Waals surface area contributed by atoms with Crippen molar-refractivity contribution in [3.63, 3.8) is 0 Å². The number of nitrogens with two attached hydrogens (primary N) is 1. The Morgan fingerprint density at radius 1 is 1.28 bits per heavy atom. The quantitative estimate of drug-likeness (QED) is 0.809. The smallest absolute Gasteiger partial charge is 0.0333 e. The third kappa shape index (κ3) is 3.33. The molecular formula is C16H26N2. The van der Waals surface area contributed by atoms with Crippen LogP contribution in [0.1, 0.15) is 44.7 Å². The molecule has 2 rings (SSSR count). The van der Waals surface area contributed by atoms with E-state index in [2.05, 4.69) is 43.4 Å². The summed E-state index contributed by atoms with van der Waals surface area (Å²) in [5.74, 6) is 0.469. The van der Waals surface area contributed by atoms with Gasteiger partial charge in [0.2, 0.25) is 0 Å². The van der Waals surface area contributed by atoms with Crippen LogP contribution in [0.3, 0.4) is 0 Å². The van der Waals surface area contributed by atoms with Gasteiger partial charge in [0.25, 0.3) is 0 Å². The summed E-state index contributed by atoms with van der Waals surface area (Å²) in [7, 11) is 0. The Balaban J connectivity index is 1.75. The van der Waals surface area contributed by atoms with Crippen LogP contribution in [-0.2, 0) is 0 Å². The first-order chi connectivity index (χ1) is 8.61. The molecule has 0 saturated heterocycles. The molecule has 0 aliphatic heterocycles. The van der Waals surface area contributed by atoms with Crippen molar-refractivity contribution in [1.82, 2.24) is 5.32 Å². The molecule has 100 valence electrons. The molecule has 3 N–H and O–H groups in total. The first-order valence-electron chi connectivity index (χ1n) is 7.12. The second kappa shape index (κ2) is 5.85. The van der Waals surface area contributed by atoms with Gasteiger partial charge in [0.1, 0.15) is 0 Å². The van der Waals surface area contributed by atoms with Crippen molar-refractivity contribution in [2.24, 2.45) is 17.1 Å². The minimum absolute atomic E-state index is 0.132. The average Bonchev–Trinajstić information content (AvgIpc) is 2.36. The summed E-state index contributed by atoms with van der Waals surface area (Å²) in [6.45, 7) is 6.75. The van der Waals surface area contributed by atoms with E-state index in [0.29, 0.717) is 11.3 Å². The van der Waals surface area contributed by atoms with Crippen LogP contribution in [0.5, 0.6) is 0 Å². The Labute approximate surface area is 111 Å². The van der Waals surface area contributed by atoms with E-state index in [1.54, 1.807) is 0 Å². The van der Waals surface area contributed by atoms with Gasteiger partial charge >= 0.3 is 0 Å². The molecule has 0 spiro atoms. The van der Waals surface area contributed by atoms with Gasteiger partial charge in [0, 0.05) is 12.6 Å². The first kappa shape index (κ1) is 13.6. The first-order valence-corrected chi connectivity index (χ1v) is 7.12. The van der Waals surface area contributed by atoms with E-state index in [-0.39, 0.29) is 6.04 Å². The Kier molecular flexibility index (Phi) is 4.41. The topological polar surface area (TPSA) is 38.0 Å². The summed E-state index contributed by atoms with van der Waals surface area (Å²) >= 11 is 0. The van der Waals surface area contributed by atoms with E-state index in [1.165, 1.54) is 24.8 Å². The summed E-state index contributed by atoms with van der Waals surface area (Å²) in [4.78, 5) is 0. The van der Waals surface area contributed by atoms with E-state index >= 15 is 0 Å². The van der Waals surface area contributed by atoms with Gasteiger partial charge in [-0.2, -0.15) is 0 Å². The zero-order valence-corrected chi connectivity index (χ0v) is 11.7. The predicted octanol–water partition coefficient (Wildman–Crippen LogP) is 3.10. The minimum atomic E-state index is 0.132. The van der Waals surface area contributed by atoms with Crippen LogP contribution >= 0.6 is 0 Å². The number of hydrogen-bond acceptors (Lipinski definition) is 2. The van der Waals surface area contributed by atoms with Crippen molar-refractivity contribution in [3.05, 3.63) is 35.9 Å². The fraction of sp³-hybridized carbons (Fsp3) is 0.625. The zero-order valence-electron chi connectivity index (χ0n) is 11.7. The van der Waals surface area contributed by atoms with Crippen LogP contribution in [0.4, 0.5) is 0 Å². The van der Waals surface area contributed by atoms with E-state index in [0.717, 1.165) is 13.1 Å². The lowest BCUT2D eigenvalue weighted by Gasteiger charge is -2.39. The molecule has 1 saturated carbocycles. The molecule has 0 amide bonds. The molecule has 2 unspecified atom stereocenters. The third-order valence-electron chi connectivity index (χ3n) is 4.38. The largest absolute Gasteiger partial charge is 0.324 e. The Hall–Kier alpha value is -0.860. The van der Waals surface area contributed by atoms with Gasteiger partial charge in [-0.3, -0.25) is 0 Å². The van der Waals surface area contributed by atoms with E-state index in [4.69, 9.17) is 5.73 Å². The van der Waals surface area contributed by atoms with Crippen molar-refractivity contribution >= 4 is 0 Å². The van der Waals surface area contributed by atoms with Crippen molar-refractivity contribution in [1.29, 1.82) is 0 Å². The Bertz CT molecular complexity index is 357. The number of hydrogen-bond donors (Lipinski definition) is 2. The Morgan fingerprint density at radius 2 is 1.94 bits per heavy atom. The normalized spacial score (nSPS) is 21.1. The standard InChI is InChI=1S/C16H26N2/c1-13(11-18-12-16(2)9-6-10-16)15(17)14-7-4-3-5-8-14/h3-5,7-8,13,15,18H,6,9-12,17H2,1-2H3. The Morgan fingerprint density at radius 3 is 2.50 bits per heavy atom. The van der Waals surface area contributed by atoms with Gasteiger partial charge in [0.15, 0.2) is 0 Å². The maximum atomic E-state index is 6.29. The van der Waals surface area contributed by atoms with E-state index in [9.17, 15) is 0 Å². The molecule has 0 heterocycles. The average molecular weight is 246 g/mol. The summed E-state index contributed by atoms with van der Waals surface area (Å²) in [5.41, 5.74) is 8.08. The fourth-order valence-corrected chi connectivity index (χ4v) is 2.69. The summed E-state index contributed by atoms with van der Waals surface area (Å²) in [5, 5.41) is 3.60. The van der Waals surface area contributed by atoms with Gasteiger partial charge < -0.3 is 11.1 Å². The molecule has 1 aliphatic carbocycles. The van der Waals surface area contributed by atoms with Gasteiger partial charge in [-0.15, -0.1) is 0 Å². The molecule has 2 heteroatoms. The lowest BCUT2D eigenvalue weighted by atomic mass is 9.70. The molecule has 1 aromatic rings. The highest BCUT2D eigenvalue weighted by Gasteiger charge is 2.31. The molecule has 0 radical (unpaired) electrons. The maximum absolute atomic E-state index is 6.29. The number of benzene rings is 1. The summed E-state index contributed by atoms with van der Waals surface area (Å²) in [6, 6.07) is 10.5. The SMILES string of the molecule is CC(CNCC1(C)CCC1)C(N)c1ccccc1. The van der Waals surface area contributed by atoms with Crippen LogP contribution in [-0.4, -0.2) is 13.1 Å². The second-order valence-corrected chi connectivity index (χ2v) is 6.21. The molecule has 2 atom stereocenters. The molecule has 1 aliphatic rings. The molecule has 0 aromatic heterocycles. The third-order valence-corrected chi connectivity index (χ3v) is 4.38. The molecule has 2 nitrogen and oxygen atoms in total. The van der Waals surface area contributed by atoms with Gasteiger partial charge in [0.05, 0.1) is 0 Å². The van der Waals surface area contributed by atoms with Gasteiger partial charge in [-0.05, 0) is 36.3 Å². The van der Waals surface area contributed by atoms with E-state index in [1.807, 2.05) is 6.07 Å². The van der Waals surface area contributed by atoms with Gasteiger partial charge in [-0.25, -0.2) is 0 Å². The molecule has 1 fully saturated rings. The van der Waals surface area contributed by atoms with Crippen LogP contribution < -0.4 is 11.1 Å². The number of nitrogens with one attached hydrogen (secondary N) is 1. The van der Waals surface area contributed by atoms with Crippen LogP contribution in [0.25, 0.3) is 0 Å². The van der Waals surface area contributed by atoms with Crippen molar-refractivity contribution in [2.75, 3.05) is 13.1 Å². The predicted molar refractivity (Wildman–Crippen MR) is 77.4 cm³/mol. The monoisotopic (exact) mass is 246 g/mol. The molecule has 18 heavy (non-hydrogen) atoms. The van der Waals surface area contributed by atoms with Crippen molar-refractivity contribution < 1.29 is 0 Å². The highest BCUT2D eigenvalue weighted by molar-refractivity contribution is 5.19. The maximum Gasteiger partial charge on any atom is 0.0333 e. The second-order valence-electron chi connectivity index (χ2n) is 6.21. The molecular weight excluding hydrogens is 220 g/mol. The van der Waals surface area contributed by atoms with Crippen LogP contribution in [0.2, 0.25) is 0 Å². The van der Waals surface area contributed by atoms with Crippen LogP contribution in [0.15, 0.2) is 30.3 Å². The zero-order chi connectivity index (χ0) is 13.0. The minimum Gasteiger partial charge on any atom is -0.324 e. The van der Waals surface area contributed by atoms with E-state index < -0.39 is 0 Å². The van der Waals surface area contributed by atoms with Crippen molar-refractivity contribution in [3.8, 4) is 0 Å². The fourth-order valence-electron chi connectivity index (χ4n) is 2.69. The summed E-state index contributed by atoms with van der Waals surface area (Å²) in [6.07, 6.45) is 4.15. The molecule has 0 bridgehead atoms. The highest BCUT2D eigenvalue weighted by Crippen LogP contribution is 2.39. The van der Waals surface area contributed by atoms with Crippen molar-refractivity contribution in [2.45, 2.75) is 39.2 Å². The molecule has 1 aromatic carbocycles. The highest BCUT2D eigenvalue weighted by atomic mass is 14.9. The van der Waals surface area contributed by atoms with Crippen LogP contribution in [0, 0.1) is 11.3 Å². The van der Waals surface area contributed by atoms with Gasteiger partial charge in [-0.1, -0.05) is 50.6 Å².